The predicted octanol–water partition coefficient (Wildman–Crippen LogP) is 2.54. The van der Waals surface area contributed by atoms with Gasteiger partial charge in [0, 0.05) is 12.1 Å². The maximum absolute atomic E-state index is 13.4. The number of non-ortho nitro benzene ring substituents is 1. The molecule has 0 unspecified atom stereocenters. The molecule has 1 amide bonds. The highest BCUT2D eigenvalue weighted by Crippen LogP contribution is 2.21. The number of carbonyl (C=O) groups is 2. The highest BCUT2D eigenvalue weighted by atomic mass is 19.1. The first-order valence-corrected chi connectivity index (χ1v) is 6.93. The number of nitro groups is 1. The highest BCUT2D eigenvalue weighted by Gasteiger charge is 2.20. The van der Waals surface area contributed by atoms with Gasteiger partial charge in [-0.25, -0.2) is 13.6 Å². The summed E-state index contributed by atoms with van der Waals surface area (Å²) in [5, 5.41) is 21.8. The van der Waals surface area contributed by atoms with E-state index in [1.54, 1.807) is 6.07 Å². The van der Waals surface area contributed by atoms with Crippen molar-refractivity contribution in [3.8, 4) is 6.07 Å². The number of rotatable bonds is 5. The molecule has 0 fully saturated rings. The fourth-order valence-corrected chi connectivity index (χ4v) is 1.93. The number of ether oxygens (including phenoxy) is 1. The van der Waals surface area contributed by atoms with E-state index in [-0.39, 0.29) is 16.9 Å². The molecule has 1 N–H and O–H groups in total. The van der Waals surface area contributed by atoms with E-state index in [0.717, 1.165) is 36.4 Å². The van der Waals surface area contributed by atoms with Crippen LogP contribution in [0.3, 0.4) is 0 Å². The van der Waals surface area contributed by atoms with Crippen molar-refractivity contribution in [1.29, 1.82) is 5.26 Å². The lowest BCUT2D eigenvalue weighted by molar-refractivity contribution is -0.384. The van der Waals surface area contributed by atoms with E-state index in [9.17, 15) is 28.5 Å². The summed E-state index contributed by atoms with van der Waals surface area (Å²) in [4.78, 5) is 33.4. The average Bonchev–Trinajstić information content (AvgIpc) is 2.60. The maximum atomic E-state index is 13.4. The van der Waals surface area contributed by atoms with Gasteiger partial charge in [-0.3, -0.25) is 14.9 Å². The Balaban J connectivity index is 2.05. The molecule has 0 heterocycles. The Kier molecular flexibility index (Phi) is 5.54. The molecule has 0 aliphatic carbocycles. The third-order valence-electron chi connectivity index (χ3n) is 3.11. The Labute approximate surface area is 144 Å². The molecular formula is C16H9F2N3O5. The highest BCUT2D eigenvalue weighted by molar-refractivity contribution is 5.96. The monoisotopic (exact) mass is 361 g/mol. The lowest BCUT2D eigenvalue weighted by Gasteiger charge is -2.08. The number of hydrogen-bond donors (Lipinski definition) is 1. The number of nitriles is 1. The lowest BCUT2D eigenvalue weighted by atomic mass is 10.1. The van der Waals surface area contributed by atoms with Crippen molar-refractivity contribution in [2.24, 2.45) is 0 Å². The van der Waals surface area contributed by atoms with Gasteiger partial charge in [0.15, 0.2) is 6.61 Å². The van der Waals surface area contributed by atoms with Crippen LogP contribution < -0.4 is 5.32 Å². The molecule has 26 heavy (non-hydrogen) atoms. The SMILES string of the molecule is N#Cc1cc([N+](=O)[O-])ccc1NC(=O)COC(=O)c1c(F)cccc1F. The van der Waals surface area contributed by atoms with Crippen LogP contribution in [0.15, 0.2) is 36.4 Å². The van der Waals surface area contributed by atoms with Crippen molar-refractivity contribution in [3.63, 3.8) is 0 Å². The summed E-state index contributed by atoms with van der Waals surface area (Å²) >= 11 is 0. The predicted molar refractivity (Wildman–Crippen MR) is 83.1 cm³/mol. The third-order valence-corrected chi connectivity index (χ3v) is 3.11. The Morgan fingerprint density at radius 3 is 2.46 bits per heavy atom. The summed E-state index contributed by atoms with van der Waals surface area (Å²) in [7, 11) is 0. The van der Waals surface area contributed by atoms with Crippen LogP contribution in [0.5, 0.6) is 0 Å². The van der Waals surface area contributed by atoms with Crippen molar-refractivity contribution in [3.05, 3.63) is 69.3 Å². The maximum Gasteiger partial charge on any atom is 0.344 e. The molecule has 2 rings (SSSR count). The van der Waals surface area contributed by atoms with E-state index in [0.29, 0.717) is 0 Å². The number of nitro benzene ring substituents is 1. The van der Waals surface area contributed by atoms with Gasteiger partial charge in [-0.15, -0.1) is 0 Å². The Morgan fingerprint density at radius 1 is 1.23 bits per heavy atom. The number of nitrogens with zero attached hydrogens (tertiary/aromatic N) is 2. The van der Waals surface area contributed by atoms with Crippen molar-refractivity contribution in [2.75, 3.05) is 11.9 Å². The fourth-order valence-electron chi connectivity index (χ4n) is 1.93. The molecule has 0 aliphatic heterocycles. The second kappa shape index (κ2) is 7.80. The summed E-state index contributed by atoms with van der Waals surface area (Å²) in [6.45, 7) is -0.880. The van der Waals surface area contributed by atoms with Crippen LogP contribution in [0.2, 0.25) is 0 Å². The number of amides is 1. The number of hydrogen-bond acceptors (Lipinski definition) is 6. The van der Waals surface area contributed by atoms with Gasteiger partial charge < -0.3 is 10.1 Å². The largest absolute Gasteiger partial charge is 0.452 e. The van der Waals surface area contributed by atoms with Crippen molar-refractivity contribution >= 4 is 23.3 Å². The van der Waals surface area contributed by atoms with Crippen molar-refractivity contribution < 1.29 is 28.0 Å². The van der Waals surface area contributed by atoms with Crippen LogP contribution in [0.1, 0.15) is 15.9 Å². The fraction of sp³-hybridized carbons (Fsp3) is 0.0625. The minimum absolute atomic E-state index is 0.0452. The third kappa shape index (κ3) is 4.15. The minimum atomic E-state index is -1.38. The quantitative estimate of drug-likeness (QED) is 0.496. The van der Waals surface area contributed by atoms with Gasteiger partial charge in [-0.2, -0.15) is 5.26 Å². The van der Waals surface area contributed by atoms with Crippen molar-refractivity contribution in [1.82, 2.24) is 0 Å². The zero-order valence-electron chi connectivity index (χ0n) is 12.9. The summed E-state index contributed by atoms with van der Waals surface area (Å²) in [5.41, 5.74) is -1.51. The van der Waals surface area contributed by atoms with E-state index in [1.807, 2.05) is 0 Å². The number of nitrogens with one attached hydrogen (secondary N) is 1. The summed E-state index contributed by atoms with van der Waals surface area (Å²) in [6.07, 6.45) is 0. The standard InChI is InChI=1S/C16H9F2N3O5/c17-11-2-1-3-12(18)15(11)16(23)26-8-14(22)20-13-5-4-10(21(24)25)6-9(13)7-19/h1-6H,8H2,(H,20,22). The van der Waals surface area contributed by atoms with E-state index < -0.39 is 40.6 Å². The molecule has 0 atom stereocenters. The lowest BCUT2D eigenvalue weighted by Crippen LogP contribution is -2.22. The van der Waals surface area contributed by atoms with Crippen molar-refractivity contribution in [2.45, 2.75) is 0 Å². The zero-order valence-corrected chi connectivity index (χ0v) is 12.9. The molecule has 2 aromatic rings. The molecule has 0 radical (unpaired) electrons. The summed E-state index contributed by atoms with van der Waals surface area (Å²) in [6, 6.07) is 7.60. The number of anilines is 1. The van der Waals surface area contributed by atoms with Gasteiger partial charge in [0.05, 0.1) is 16.2 Å². The summed E-state index contributed by atoms with van der Waals surface area (Å²) < 4.78 is 31.4. The van der Waals surface area contributed by atoms with Crippen LogP contribution in [0.25, 0.3) is 0 Å². The Morgan fingerprint density at radius 2 is 1.88 bits per heavy atom. The smallest absolute Gasteiger partial charge is 0.344 e. The number of benzene rings is 2. The molecule has 0 saturated heterocycles. The second-order valence-electron chi connectivity index (χ2n) is 4.82. The molecule has 0 saturated carbocycles. The molecular weight excluding hydrogens is 352 g/mol. The van der Waals surface area contributed by atoms with E-state index in [2.05, 4.69) is 10.1 Å². The molecule has 2 aromatic carbocycles. The molecule has 10 heteroatoms. The van der Waals surface area contributed by atoms with Gasteiger partial charge >= 0.3 is 5.97 Å². The minimum Gasteiger partial charge on any atom is -0.452 e. The van der Waals surface area contributed by atoms with Crippen LogP contribution in [0, 0.1) is 33.1 Å². The van der Waals surface area contributed by atoms with Gasteiger partial charge in [0.25, 0.3) is 11.6 Å². The first kappa shape index (κ1) is 18.5. The van der Waals surface area contributed by atoms with Gasteiger partial charge in [-0.05, 0) is 18.2 Å². The normalized spacial score (nSPS) is 9.88. The van der Waals surface area contributed by atoms with Crippen LogP contribution >= 0.6 is 0 Å². The first-order valence-electron chi connectivity index (χ1n) is 6.93. The average molecular weight is 361 g/mol. The zero-order chi connectivity index (χ0) is 19.3. The molecule has 0 aliphatic rings. The van der Waals surface area contributed by atoms with Gasteiger partial charge in [-0.1, -0.05) is 6.07 Å². The molecule has 132 valence electrons. The first-order chi connectivity index (χ1) is 12.3. The van der Waals surface area contributed by atoms with Gasteiger partial charge in [0.1, 0.15) is 23.3 Å². The van der Waals surface area contributed by atoms with Crippen LogP contribution in [-0.2, 0) is 9.53 Å². The van der Waals surface area contributed by atoms with E-state index in [1.165, 1.54) is 0 Å². The molecule has 0 aromatic heterocycles. The number of halogens is 2. The molecule has 0 spiro atoms. The number of esters is 1. The Bertz CT molecular complexity index is 920. The Hall–Kier alpha value is -3.87. The van der Waals surface area contributed by atoms with E-state index >= 15 is 0 Å². The van der Waals surface area contributed by atoms with E-state index in [4.69, 9.17) is 5.26 Å². The number of carbonyl (C=O) groups excluding carboxylic acids is 2. The van der Waals surface area contributed by atoms with Gasteiger partial charge in [0.2, 0.25) is 0 Å². The van der Waals surface area contributed by atoms with Crippen LogP contribution in [-0.4, -0.2) is 23.4 Å². The van der Waals surface area contributed by atoms with Crippen LogP contribution in [0.4, 0.5) is 20.2 Å². The molecule has 0 bridgehead atoms. The topological polar surface area (TPSA) is 122 Å². The second-order valence-corrected chi connectivity index (χ2v) is 4.82. The molecule has 8 nitrogen and oxygen atoms in total. The summed E-state index contributed by atoms with van der Waals surface area (Å²) in [5.74, 6) is -4.56.